The van der Waals surface area contributed by atoms with Crippen molar-refractivity contribution in [2.24, 2.45) is 0 Å². The van der Waals surface area contributed by atoms with Crippen LogP contribution in [-0.4, -0.2) is 50.7 Å². The predicted octanol–water partition coefficient (Wildman–Crippen LogP) is 2.57. The molecule has 1 aromatic carbocycles. The van der Waals surface area contributed by atoms with Crippen molar-refractivity contribution in [3.63, 3.8) is 0 Å². The fraction of sp³-hybridized carbons (Fsp3) is 0.600. The van der Waals surface area contributed by atoms with E-state index in [9.17, 15) is 0 Å². The summed E-state index contributed by atoms with van der Waals surface area (Å²) in [6.07, 6.45) is 1.22. The number of nitrogens with one attached hydrogen (secondary N) is 1. The average molecular weight is 326 g/mol. The van der Waals surface area contributed by atoms with Gasteiger partial charge in [0.15, 0.2) is 0 Å². The molecule has 19 heavy (non-hydrogen) atoms. The van der Waals surface area contributed by atoms with Crippen LogP contribution in [0.3, 0.4) is 0 Å². The molecular formula is C15H24BrN3. The normalized spacial score (nSPS) is 25.4. The molecule has 106 valence electrons. The molecule has 0 amide bonds. The first-order chi connectivity index (χ1) is 9.11. The van der Waals surface area contributed by atoms with Gasteiger partial charge in [-0.3, -0.25) is 0 Å². The van der Waals surface area contributed by atoms with Crippen LogP contribution in [-0.2, 0) is 0 Å². The Morgan fingerprint density at radius 3 is 2.63 bits per heavy atom. The summed E-state index contributed by atoms with van der Waals surface area (Å²) < 4.78 is 1.14. The van der Waals surface area contributed by atoms with Gasteiger partial charge < -0.3 is 15.1 Å². The first kappa shape index (κ1) is 14.8. The Bertz CT molecular complexity index is 393. The van der Waals surface area contributed by atoms with E-state index in [1.165, 1.54) is 18.7 Å². The van der Waals surface area contributed by atoms with E-state index in [0.717, 1.165) is 17.6 Å². The monoisotopic (exact) mass is 325 g/mol. The molecule has 0 bridgehead atoms. The topological polar surface area (TPSA) is 18.5 Å². The highest BCUT2D eigenvalue weighted by atomic mass is 79.9. The number of rotatable bonds is 3. The Labute approximate surface area is 125 Å². The molecule has 1 aliphatic rings. The molecule has 0 aromatic heterocycles. The lowest BCUT2D eigenvalue weighted by atomic mass is 10.1. The minimum Gasteiger partial charge on any atom is -0.363 e. The zero-order valence-corrected chi connectivity index (χ0v) is 13.7. The van der Waals surface area contributed by atoms with Crippen LogP contribution < -0.4 is 10.2 Å². The van der Waals surface area contributed by atoms with E-state index in [-0.39, 0.29) is 0 Å². The molecule has 2 unspecified atom stereocenters. The van der Waals surface area contributed by atoms with Crippen molar-refractivity contribution in [3.8, 4) is 0 Å². The predicted molar refractivity (Wildman–Crippen MR) is 85.9 cm³/mol. The second-order valence-electron chi connectivity index (χ2n) is 5.50. The van der Waals surface area contributed by atoms with E-state index in [4.69, 9.17) is 0 Å². The van der Waals surface area contributed by atoms with E-state index in [1.54, 1.807) is 0 Å². The minimum atomic E-state index is 0.522. The van der Waals surface area contributed by atoms with E-state index in [1.807, 2.05) is 7.05 Å². The number of likely N-dealkylation sites (N-methyl/N-ethyl adjacent to an activating group) is 2. The van der Waals surface area contributed by atoms with Gasteiger partial charge in [-0.05, 0) is 58.3 Å². The van der Waals surface area contributed by atoms with Gasteiger partial charge in [0.05, 0.1) is 6.04 Å². The molecule has 1 saturated heterocycles. The third-order valence-corrected chi connectivity index (χ3v) is 4.41. The van der Waals surface area contributed by atoms with Crippen LogP contribution in [0.2, 0.25) is 0 Å². The number of benzene rings is 1. The third kappa shape index (κ3) is 3.71. The van der Waals surface area contributed by atoms with Crippen LogP contribution in [0, 0.1) is 0 Å². The van der Waals surface area contributed by atoms with Crippen molar-refractivity contribution in [3.05, 3.63) is 28.7 Å². The highest BCUT2D eigenvalue weighted by Gasteiger charge is 2.27. The molecule has 1 heterocycles. The summed E-state index contributed by atoms with van der Waals surface area (Å²) in [7, 11) is 4.26. The summed E-state index contributed by atoms with van der Waals surface area (Å²) in [6, 6.07) is 9.79. The molecule has 2 atom stereocenters. The number of hydrogen-bond donors (Lipinski definition) is 1. The molecule has 0 saturated carbocycles. The Balaban J connectivity index is 2.27. The van der Waals surface area contributed by atoms with Gasteiger partial charge in [-0.2, -0.15) is 0 Å². The Morgan fingerprint density at radius 2 is 2.00 bits per heavy atom. The fourth-order valence-electron chi connectivity index (χ4n) is 2.92. The standard InChI is InChI=1S/C15H24BrN3/c1-12-8-9-18(3)11-15(10-17-2)19(12)14-6-4-13(16)5-7-14/h4-7,12,15,17H,8-11H2,1-3H3. The first-order valence-corrected chi connectivity index (χ1v) is 7.78. The molecule has 0 aliphatic carbocycles. The van der Waals surface area contributed by atoms with Gasteiger partial charge in [0.25, 0.3) is 0 Å². The lowest BCUT2D eigenvalue weighted by Gasteiger charge is -2.37. The Morgan fingerprint density at radius 1 is 1.32 bits per heavy atom. The van der Waals surface area contributed by atoms with E-state index < -0.39 is 0 Å². The lowest BCUT2D eigenvalue weighted by molar-refractivity contribution is 0.328. The molecule has 1 aromatic rings. The van der Waals surface area contributed by atoms with Crippen LogP contribution in [0.5, 0.6) is 0 Å². The maximum absolute atomic E-state index is 3.52. The zero-order chi connectivity index (χ0) is 13.8. The largest absolute Gasteiger partial charge is 0.363 e. The van der Waals surface area contributed by atoms with Crippen molar-refractivity contribution in [2.75, 3.05) is 38.6 Å². The van der Waals surface area contributed by atoms with Gasteiger partial charge in [0.1, 0.15) is 0 Å². The maximum atomic E-state index is 3.52. The molecule has 1 fully saturated rings. The van der Waals surface area contributed by atoms with E-state index >= 15 is 0 Å². The van der Waals surface area contributed by atoms with Gasteiger partial charge >= 0.3 is 0 Å². The van der Waals surface area contributed by atoms with E-state index in [2.05, 4.69) is 69.3 Å². The number of nitrogens with zero attached hydrogens (tertiary/aromatic N) is 2. The summed E-state index contributed by atoms with van der Waals surface area (Å²) in [4.78, 5) is 5.02. The molecule has 1 aliphatic heterocycles. The first-order valence-electron chi connectivity index (χ1n) is 6.99. The number of anilines is 1. The van der Waals surface area contributed by atoms with Crippen molar-refractivity contribution in [1.82, 2.24) is 10.2 Å². The fourth-order valence-corrected chi connectivity index (χ4v) is 3.19. The Hall–Kier alpha value is -0.580. The Kier molecular flexibility index (Phi) is 5.25. The van der Waals surface area contributed by atoms with Gasteiger partial charge in [0.2, 0.25) is 0 Å². The molecule has 3 nitrogen and oxygen atoms in total. The van der Waals surface area contributed by atoms with Crippen molar-refractivity contribution in [1.29, 1.82) is 0 Å². The number of halogens is 1. The summed E-state index contributed by atoms with van der Waals surface area (Å²) in [5.41, 5.74) is 1.33. The molecule has 0 radical (unpaired) electrons. The number of hydrogen-bond acceptors (Lipinski definition) is 3. The average Bonchev–Trinajstić information content (AvgIpc) is 2.51. The van der Waals surface area contributed by atoms with Gasteiger partial charge in [-0.25, -0.2) is 0 Å². The van der Waals surface area contributed by atoms with Gasteiger partial charge in [0, 0.05) is 29.3 Å². The molecule has 4 heteroatoms. The highest BCUT2D eigenvalue weighted by Crippen LogP contribution is 2.26. The quantitative estimate of drug-likeness (QED) is 0.921. The smallest absolute Gasteiger partial charge is 0.0544 e. The SMILES string of the molecule is CNCC1CN(C)CCC(C)N1c1ccc(Br)cc1. The molecule has 2 rings (SSSR count). The third-order valence-electron chi connectivity index (χ3n) is 3.88. The minimum absolute atomic E-state index is 0.522. The highest BCUT2D eigenvalue weighted by molar-refractivity contribution is 9.10. The van der Waals surface area contributed by atoms with E-state index in [0.29, 0.717) is 12.1 Å². The summed E-state index contributed by atoms with van der Waals surface area (Å²) in [6.45, 7) is 5.64. The maximum Gasteiger partial charge on any atom is 0.0544 e. The summed E-state index contributed by atoms with van der Waals surface area (Å²) in [5, 5.41) is 3.34. The van der Waals surface area contributed by atoms with Crippen LogP contribution in [0.25, 0.3) is 0 Å². The zero-order valence-electron chi connectivity index (χ0n) is 12.1. The summed E-state index contributed by atoms with van der Waals surface area (Å²) in [5.74, 6) is 0. The van der Waals surface area contributed by atoms with Crippen molar-refractivity contribution in [2.45, 2.75) is 25.4 Å². The van der Waals surface area contributed by atoms with Crippen molar-refractivity contribution >= 4 is 21.6 Å². The van der Waals surface area contributed by atoms with Crippen LogP contribution >= 0.6 is 15.9 Å². The van der Waals surface area contributed by atoms with Gasteiger partial charge in [-0.15, -0.1) is 0 Å². The van der Waals surface area contributed by atoms with Gasteiger partial charge in [-0.1, -0.05) is 15.9 Å². The molecule has 0 spiro atoms. The molecular weight excluding hydrogens is 302 g/mol. The lowest BCUT2D eigenvalue weighted by Crippen LogP contribution is -2.49. The second kappa shape index (κ2) is 6.73. The van der Waals surface area contributed by atoms with Crippen molar-refractivity contribution < 1.29 is 0 Å². The second-order valence-corrected chi connectivity index (χ2v) is 6.41. The van der Waals surface area contributed by atoms with Crippen LogP contribution in [0.1, 0.15) is 13.3 Å². The van der Waals surface area contributed by atoms with Crippen LogP contribution in [0.4, 0.5) is 5.69 Å². The summed E-state index contributed by atoms with van der Waals surface area (Å²) >= 11 is 3.52. The van der Waals surface area contributed by atoms with Crippen LogP contribution in [0.15, 0.2) is 28.7 Å². The molecule has 1 N–H and O–H groups in total.